The van der Waals surface area contributed by atoms with Gasteiger partial charge in [0, 0.05) is 32.0 Å². The molecule has 166 valence electrons. The number of fused-ring (bicyclic) bond motifs is 2. The van der Waals surface area contributed by atoms with E-state index in [1.165, 1.54) is 10.9 Å². The third-order valence-electron chi connectivity index (χ3n) is 5.53. The number of hydrogen-bond donors (Lipinski definition) is 4. The van der Waals surface area contributed by atoms with Gasteiger partial charge in [-0.05, 0) is 18.3 Å². The van der Waals surface area contributed by atoms with Gasteiger partial charge in [0.1, 0.15) is 11.4 Å². The topological polar surface area (TPSA) is 117 Å². The molecule has 0 aliphatic heterocycles. The Kier molecular flexibility index (Phi) is 5.56. The second kappa shape index (κ2) is 8.17. The van der Waals surface area contributed by atoms with Crippen LogP contribution in [0.1, 0.15) is 12.0 Å². The zero-order valence-corrected chi connectivity index (χ0v) is 16.6. The average Bonchev–Trinajstić information content (AvgIpc) is 3.42. The number of carbonyl (C=O) groups excluding carboxylic acids is 1. The Morgan fingerprint density at radius 1 is 1.29 bits per heavy atom. The molecule has 4 N–H and O–H groups in total. The summed E-state index contributed by atoms with van der Waals surface area (Å²) in [5, 5.41) is 21.3. The van der Waals surface area contributed by atoms with Crippen LogP contribution in [0, 0.1) is 17.8 Å². The molecule has 2 heterocycles. The molecular weight excluding hydrogens is 415 g/mol. The highest BCUT2D eigenvalue weighted by atomic mass is 19.4. The quantitative estimate of drug-likeness (QED) is 0.487. The van der Waals surface area contributed by atoms with Crippen molar-refractivity contribution in [2.75, 3.05) is 23.8 Å². The van der Waals surface area contributed by atoms with Crippen LogP contribution >= 0.6 is 0 Å². The van der Waals surface area contributed by atoms with E-state index in [-0.39, 0.29) is 42.7 Å². The Bertz CT molecular complexity index is 991. The van der Waals surface area contributed by atoms with Crippen LogP contribution in [0.25, 0.3) is 0 Å². The van der Waals surface area contributed by atoms with E-state index in [1.807, 2.05) is 12.2 Å². The van der Waals surface area contributed by atoms with Gasteiger partial charge in [0.2, 0.25) is 11.9 Å². The first kappa shape index (κ1) is 21.1. The summed E-state index contributed by atoms with van der Waals surface area (Å²) in [4.78, 5) is 20.5. The van der Waals surface area contributed by atoms with E-state index in [0.717, 1.165) is 6.20 Å². The van der Waals surface area contributed by atoms with Crippen molar-refractivity contribution < 1.29 is 23.1 Å². The van der Waals surface area contributed by atoms with Gasteiger partial charge in [-0.1, -0.05) is 12.2 Å². The summed E-state index contributed by atoms with van der Waals surface area (Å²) >= 11 is 0. The van der Waals surface area contributed by atoms with Gasteiger partial charge in [-0.3, -0.25) is 9.48 Å². The summed E-state index contributed by atoms with van der Waals surface area (Å²) in [5.41, 5.74) is -0.483. The Labute approximate surface area is 175 Å². The molecule has 1 saturated carbocycles. The molecule has 1 fully saturated rings. The van der Waals surface area contributed by atoms with Gasteiger partial charge in [0.15, 0.2) is 0 Å². The molecule has 0 aromatic carbocycles. The summed E-state index contributed by atoms with van der Waals surface area (Å²) in [6, 6.07) is -0.559. The predicted molar refractivity (Wildman–Crippen MR) is 105 cm³/mol. The number of hydrogen-bond acceptors (Lipinski definition) is 7. The molecule has 4 rings (SSSR count). The number of aryl methyl sites for hydroxylation is 1. The van der Waals surface area contributed by atoms with E-state index in [2.05, 4.69) is 31.0 Å². The van der Waals surface area contributed by atoms with Crippen LogP contribution in [0.15, 0.2) is 30.7 Å². The fourth-order valence-electron chi connectivity index (χ4n) is 4.21. The zero-order valence-electron chi connectivity index (χ0n) is 16.6. The molecule has 2 aromatic rings. The summed E-state index contributed by atoms with van der Waals surface area (Å²) in [6.07, 6.45) is 3.69. The molecule has 0 radical (unpaired) electrons. The second-order valence-corrected chi connectivity index (χ2v) is 7.64. The Morgan fingerprint density at radius 3 is 2.74 bits per heavy atom. The summed E-state index contributed by atoms with van der Waals surface area (Å²) < 4.78 is 42.4. The largest absolute Gasteiger partial charge is 0.421 e. The molecule has 2 aliphatic rings. The number of carbonyl (C=O) groups is 1. The van der Waals surface area contributed by atoms with E-state index >= 15 is 0 Å². The third-order valence-corrected chi connectivity index (χ3v) is 5.53. The van der Waals surface area contributed by atoms with Crippen LogP contribution in [0.5, 0.6) is 0 Å². The highest BCUT2D eigenvalue weighted by Crippen LogP contribution is 2.46. The lowest BCUT2D eigenvalue weighted by Gasteiger charge is -2.29. The molecule has 0 spiro atoms. The lowest BCUT2D eigenvalue weighted by molar-refractivity contribution is -0.137. The molecule has 12 heteroatoms. The number of nitrogens with one attached hydrogen (secondary N) is 3. The highest BCUT2D eigenvalue weighted by molar-refractivity contribution is 5.81. The van der Waals surface area contributed by atoms with Crippen LogP contribution in [0.2, 0.25) is 0 Å². The molecule has 31 heavy (non-hydrogen) atoms. The van der Waals surface area contributed by atoms with Crippen molar-refractivity contribution in [3.8, 4) is 0 Å². The van der Waals surface area contributed by atoms with Crippen molar-refractivity contribution in [2.24, 2.45) is 24.8 Å². The van der Waals surface area contributed by atoms with E-state index in [9.17, 15) is 18.0 Å². The van der Waals surface area contributed by atoms with Crippen molar-refractivity contribution in [3.63, 3.8) is 0 Å². The molecule has 4 atom stereocenters. The van der Waals surface area contributed by atoms with E-state index in [4.69, 9.17) is 5.11 Å². The van der Waals surface area contributed by atoms with Crippen LogP contribution in [0.4, 0.5) is 30.6 Å². The minimum atomic E-state index is -4.67. The Balaban J connectivity index is 1.62. The second-order valence-electron chi connectivity index (χ2n) is 7.64. The maximum Gasteiger partial charge on any atom is 0.421 e. The molecule has 0 unspecified atom stereocenters. The first-order valence-corrected chi connectivity index (χ1v) is 9.79. The number of allylic oxidation sites excluding steroid dienone is 1. The number of aliphatic hydroxyl groups is 1. The monoisotopic (exact) mass is 437 g/mol. The van der Waals surface area contributed by atoms with E-state index in [1.54, 1.807) is 13.2 Å². The van der Waals surface area contributed by atoms with Gasteiger partial charge in [0.05, 0.1) is 24.4 Å². The number of halogens is 3. The van der Waals surface area contributed by atoms with Gasteiger partial charge in [-0.25, -0.2) is 4.98 Å². The minimum absolute atomic E-state index is 0.0246. The third kappa shape index (κ3) is 4.33. The smallest absolute Gasteiger partial charge is 0.395 e. The molecule has 1 amide bonds. The number of aromatic nitrogens is 4. The maximum absolute atomic E-state index is 13.6. The van der Waals surface area contributed by atoms with Crippen molar-refractivity contribution in [2.45, 2.75) is 18.6 Å². The molecule has 2 aliphatic carbocycles. The van der Waals surface area contributed by atoms with Crippen molar-refractivity contribution in [1.29, 1.82) is 0 Å². The fourth-order valence-corrected chi connectivity index (χ4v) is 4.21. The zero-order chi connectivity index (χ0) is 22.2. The Hall–Kier alpha value is -3.15. The number of alkyl halides is 3. The van der Waals surface area contributed by atoms with Gasteiger partial charge in [-0.15, -0.1) is 0 Å². The number of amides is 1. The maximum atomic E-state index is 13.6. The fraction of sp³-hybridized carbons (Fsp3) is 0.474. The van der Waals surface area contributed by atoms with Gasteiger partial charge in [0.25, 0.3) is 0 Å². The average molecular weight is 437 g/mol. The number of rotatable bonds is 7. The van der Waals surface area contributed by atoms with Crippen molar-refractivity contribution in [1.82, 2.24) is 25.1 Å². The van der Waals surface area contributed by atoms with Crippen LogP contribution in [-0.4, -0.2) is 50.0 Å². The van der Waals surface area contributed by atoms with E-state index < -0.39 is 23.7 Å². The number of aliphatic hydroxyl groups excluding tert-OH is 1. The van der Waals surface area contributed by atoms with Crippen LogP contribution in [-0.2, 0) is 18.0 Å². The summed E-state index contributed by atoms with van der Waals surface area (Å²) in [7, 11) is 1.70. The summed E-state index contributed by atoms with van der Waals surface area (Å²) in [5.74, 6) is -1.46. The van der Waals surface area contributed by atoms with Crippen LogP contribution in [0.3, 0.4) is 0 Å². The molecule has 0 saturated heterocycles. The molecule has 2 bridgehead atoms. The molecular formula is C19H22F3N7O2. The van der Waals surface area contributed by atoms with Gasteiger partial charge in [-0.2, -0.15) is 23.3 Å². The number of nitrogens with zero attached hydrogens (tertiary/aromatic N) is 4. The molecule has 2 aromatic heterocycles. The minimum Gasteiger partial charge on any atom is -0.395 e. The van der Waals surface area contributed by atoms with Gasteiger partial charge >= 0.3 is 6.18 Å². The highest BCUT2D eigenvalue weighted by Gasteiger charge is 2.49. The van der Waals surface area contributed by atoms with Gasteiger partial charge < -0.3 is 21.1 Å². The van der Waals surface area contributed by atoms with Crippen molar-refractivity contribution >= 4 is 23.4 Å². The lowest BCUT2D eigenvalue weighted by atomic mass is 9.88. The first-order valence-electron chi connectivity index (χ1n) is 9.79. The number of anilines is 3. The normalized spacial score (nSPS) is 24.4. The van der Waals surface area contributed by atoms with E-state index in [0.29, 0.717) is 12.1 Å². The Morgan fingerprint density at radius 2 is 2.06 bits per heavy atom. The predicted octanol–water partition coefficient (Wildman–Crippen LogP) is 1.68. The SMILES string of the molecule is Cn1cc(Nc2ncc(C(F)(F)F)c(N[C@H]3[C@@H](C(=O)NCCO)[C@@H]4C=C[C@H]3C4)n2)cn1. The standard InChI is InChI=1S/C19H22F3N7O2/c1-29-9-12(7-25-29)26-18-24-8-13(19(20,21)22)16(28-18)27-15-11-3-2-10(6-11)14(15)17(31)23-4-5-30/h2-3,7-11,14-15,30H,4-6H2,1H3,(H,23,31)(H2,24,26,27,28)/t10-,11+,14+,15-/m1/s1. The molecule has 9 nitrogen and oxygen atoms in total. The first-order chi connectivity index (χ1) is 14.8. The van der Waals surface area contributed by atoms with Crippen molar-refractivity contribution in [3.05, 3.63) is 36.3 Å². The van der Waals surface area contributed by atoms with Crippen LogP contribution < -0.4 is 16.0 Å². The summed E-state index contributed by atoms with van der Waals surface area (Å²) in [6.45, 7) is -0.127. The lowest BCUT2D eigenvalue weighted by Crippen LogP contribution is -2.44.